The van der Waals surface area contributed by atoms with Crippen LogP contribution in [-0.4, -0.2) is 32.5 Å². The largest absolute Gasteiger partial charge is 0.368 e. The Kier molecular flexibility index (Phi) is 4.56. The summed E-state index contributed by atoms with van der Waals surface area (Å²) in [6, 6.07) is 0. The molecule has 0 radical (unpaired) electrons. The molecule has 0 unspecified atom stereocenters. The van der Waals surface area contributed by atoms with E-state index in [0.717, 1.165) is 11.4 Å². The van der Waals surface area contributed by atoms with E-state index in [1.165, 1.54) is 0 Å². The van der Waals surface area contributed by atoms with Gasteiger partial charge in [-0.1, -0.05) is 11.6 Å². The van der Waals surface area contributed by atoms with Crippen LogP contribution in [0.15, 0.2) is 12.4 Å². The number of hydrogen-bond acceptors (Lipinski definition) is 8. The van der Waals surface area contributed by atoms with Crippen LogP contribution in [0.25, 0.3) is 0 Å². The van der Waals surface area contributed by atoms with Crippen molar-refractivity contribution in [3.63, 3.8) is 0 Å². The molecule has 0 atom stereocenters. The molecule has 0 aliphatic carbocycles. The Bertz CT molecular complexity index is 690. The Morgan fingerprint density at radius 2 is 2.04 bits per heavy atom. The van der Waals surface area contributed by atoms with Crippen LogP contribution in [0, 0.1) is 6.92 Å². The van der Waals surface area contributed by atoms with Crippen LogP contribution >= 0.6 is 11.6 Å². The maximum absolute atomic E-state index is 6.19. The third-order valence-electron chi connectivity index (χ3n) is 3.30. The fourth-order valence-electron chi connectivity index (χ4n) is 2.19. The van der Waals surface area contributed by atoms with Crippen LogP contribution in [0.2, 0.25) is 5.15 Å². The van der Waals surface area contributed by atoms with Crippen molar-refractivity contribution in [2.45, 2.75) is 39.4 Å². The molecule has 122 valence electrons. The monoisotopic (exact) mass is 336 g/mol. The van der Waals surface area contributed by atoms with Crippen molar-refractivity contribution in [1.29, 1.82) is 0 Å². The number of nitrogens with zero attached hydrogens (tertiary/aromatic N) is 4. The maximum Gasteiger partial charge on any atom is 0.223 e. The molecule has 2 aromatic rings. The molecule has 3 rings (SSSR count). The van der Waals surface area contributed by atoms with Crippen molar-refractivity contribution in [3.05, 3.63) is 34.5 Å². The lowest BCUT2D eigenvalue weighted by atomic mass is 10.2. The van der Waals surface area contributed by atoms with E-state index in [1.54, 1.807) is 12.4 Å². The predicted octanol–water partition coefficient (Wildman–Crippen LogP) is 1.68. The zero-order valence-corrected chi connectivity index (χ0v) is 13.5. The Hall–Kier alpha value is -2.03. The van der Waals surface area contributed by atoms with E-state index < -0.39 is 0 Å². The van der Waals surface area contributed by atoms with Crippen molar-refractivity contribution in [2.24, 2.45) is 0 Å². The molecular weight excluding hydrogens is 320 g/mol. The summed E-state index contributed by atoms with van der Waals surface area (Å²) in [5, 5.41) is 3.45. The van der Waals surface area contributed by atoms with Gasteiger partial charge in [-0.25, -0.2) is 4.98 Å². The number of rotatable bonds is 5. The van der Waals surface area contributed by atoms with E-state index in [0.29, 0.717) is 24.3 Å². The number of aryl methyl sites for hydroxylation is 1. The van der Waals surface area contributed by atoms with Gasteiger partial charge < -0.3 is 20.5 Å². The second kappa shape index (κ2) is 6.61. The molecule has 0 saturated carbocycles. The molecule has 2 aromatic heterocycles. The van der Waals surface area contributed by atoms with Crippen molar-refractivity contribution in [3.8, 4) is 0 Å². The highest BCUT2D eigenvalue weighted by Gasteiger charge is 2.29. The molecule has 1 aliphatic heterocycles. The van der Waals surface area contributed by atoms with Gasteiger partial charge in [0.15, 0.2) is 12.6 Å². The van der Waals surface area contributed by atoms with Crippen LogP contribution in [-0.2, 0) is 22.4 Å². The van der Waals surface area contributed by atoms with Crippen molar-refractivity contribution < 1.29 is 9.47 Å². The molecule has 0 aromatic carbocycles. The molecule has 3 heterocycles. The number of nitrogens with one attached hydrogen (secondary N) is 1. The molecule has 9 heteroatoms. The Labute approximate surface area is 138 Å². The van der Waals surface area contributed by atoms with Gasteiger partial charge in [0.25, 0.3) is 0 Å². The minimum atomic E-state index is -0.352. The highest BCUT2D eigenvalue weighted by atomic mass is 35.5. The Balaban J connectivity index is 1.75. The van der Waals surface area contributed by atoms with Gasteiger partial charge >= 0.3 is 0 Å². The average molecular weight is 337 g/mol. The number of nitrogen functional groups attached to an aromatic ring is 1. The summed E-state index contributed by atoms with van der Waals surface area (Å²) in [6.45, 7) is 4.15. The van der Waals surface area contributed by atoms with E-state index in [1.807, 2.05) is 13.8 Å². The molecule has 8 nitrogen and oxygen atoms in total. The molecule has 1 aliphatic rings. The summed E-state index contributed by atoms with van der Waals surface area (Å²) in [6.07, 6.45) is 3.29. The molecule has 0 amide bonds. The van der Waals surface area contributed by atoms with Gasteiger partial charge in [-0.3, -0.25) is 9.97 Å². The highest BCUT2D eigenvalue weighted by molar-refractivity contribution is 6.30. The topological polar surface area (TPSA) is 108 Å². The van der Waals surface area contributed by atoms with Gasteiger partial charge in [-0.2, -0.15) is 4.98 Å². The van der Waals surface area contributed by atoms with E-state index in [4.69, 9.17) is 26.8 Å². The maximum atomic E-state index is 6.19. The first kappa shape index (κ1) is 15.9. The lowest BCUT2D eigenvalue weighted by molar-refractivity contribution is -0.374. The summed E-state index contributed by atoms with van der Waals surface area (Å²) in [4.78, 5) is 16.7. The van der Waals surface area contributed by atoms with Gasteiger partial charge in [0, 0.05) is 18.2 Å². The summed E-state index contributed by atoms with van der Waals surface area (Å²) in [7, 11) is 0. The first-order chi connectivity index (χ1) is 11.0. The van der Waals surface area contributed by atoms with Crippen LogP contribution in [0.1, 0.15) is 23.9 Å². The molecule has 0 spiro atoms. The molecule has 23 heavy (non-hydrogen) atoms. The Morgan fingerprint density at radius 1 is 1.26 bits per heavy atom. The fraction of sp³-hybridized carbons (Fsp3) is 0.429. The summed E-state index contributed by atoms with van der Waals surface area (Å²) in [5.41, 5.74) is 8.01. The van der Waals surface area contributed by atoms with Crippen LogP contribution in [0.4, 0.5) is 11.8 Å². The van der Waals surface area contributed by atoms with Gasteiger partial charge in [0.05, 0.1) is 24.1 Å². The van der Waals surface area contributed by atoms with Crippen LogP contribution < -0.4 is 11.1 Å². The lowest BCUT2D eigenvalue weighted by Gasteiger charge is -2.34. The molecule has 1 saturated heterocycles. The third kappa shape index (κ3) is 3.84. The van der Waals surface area contributed by atoms with Gasteiger partial charge in [0.2, 0.25) is 5.95 Å². The SMILES string of the molecule is Cc1cnc(CNc2nc(N)nc(Cl)c2CC2OC(C)O2)cn1. The van der Waals surface area contributed by atoms with Crippen molar-refractivity contribution >= 4 is 23.4 Å². The number of aromatic nitrogens is 4. The number of hydrogen-bond donors (Lipinski definition) is 2. The standard InChI is InChI=1S/C14H17ClN6O2/c1-7-4-18-9(5-17-7)6-19-13-10(3-11-22-8(2)23-11)12(15)20-14(16)21-13/h4-5,8,11H,3,6H2,1-2H3,(H3,16,19,20,21). The number of ether oxygens (including phenoxy) is 2. The zero-order chi connectivity index (χ0) is 16.4. The summed E-state index contributed by atoms with van der Waals surface area (Å²) in [5.74, 6) is 0.636. The van der Waals surface area contributed by atoms with Crippen molar-refractivity contribution in [2.75, 3.05) is 11.1 Å². The quantitative estimate of drug-likeness (QED) is 0.794. The van der Waals surface area contributed by atoms with Gasteiger partial charge in [-0.15, -0.1) is 0 Å². The van der Waals surface area contributed by atoms with Crippen molar-refractivity contribution in [1.82, 2.24) is 19.9 Å². The smallest absolute Gasteiger partial charge is 0.223 e. The number of nitrogens with two attached hydrogens (primary N) is 1. The zero-order valence-electron chi connectivity index (χ0n) is 12.8. The first-order valence-electron chi connectivity index (χ1n) is 7.15. The average Bonchev–Trinajstić information content (AvgIpc) is 2.47. The van der Waals surface area contributed by atoms with E-state index in [2.05, 4.69) is 25.3 Å². The highest BCUT2D eigenvalue weighted by Crippen LogP contribution is 2.28. The Morgan fingerprint density at radius 3 is 2.70 bits per heavy atom. The fourth-order valence-corrected chi connectivity index (χ4v) is 2.44. The molecule has 3 N–H and O–H groups in total. The number of anilines is 2. The van der Waals surface area contributed by atoms with E-state index in [-0.39, 0.29) is 23.7 Å². The van der Waals surface area contributed by atoms with Crippen LogP contribution in [0.3, 0.4) is 0 Å². The summed E-state index contributed by atoms with van der Waals surface area (Å²) < 4.78 is 10.9. The molecule has 1 fully saturated rings. The number of halogens is 1. The van der Waals surface area contributed by atoms with Crippen LogP contribution in [0.5, 0.6) is 0 Å². The lowest BCUT2D eigenvalue weighted by Crippen LogP contribution is -2.40. The second-order valence-electron chi connectivity index (χ2n) is 5.18. The van der Waals surface area contributed by atoms with E-state index in [9.17, 15) is 0 Å². The molecule has 0 bridgehead atoms. The van der Waals surface area contributed by atoms with E-state index >= 15 is 0 Å². The minimum Gasteiger partial charge on any atom is -0.368 e. The first-order valence-corrected chi connectivity index (χ1v) is 7.53. The molecular formula is C14H17ClN6O2. The predicted molar refractivity (Wildman–Crippen MR) is 84.7 cm³/mol. The summed E-state index contributed by atoms with van der Waals surface area (Å²) >= 11 is 6.19. The third-order valence-corrected chi connectivity index (χ3v) is 3.62. The van der Waals surface area contributed by atoms with Gasteiger partial charge in [0.1, 0.15) is 11.0 Å². The van der Waals surface area contributed by atoms with Gasteiger partial charge in [-0.05, 0) is 13.8 Å². The minimum absolute atomic E-state index is 0.0973. The second-order valence-corrected chi connectivity index (χ2v) is 5.53. The normalized spacial score (nSPS) is 20.1.